The van der Waals surface area contributed by atoms with Crippen LogP contribution in [-0.2, 0) is 0 Å². The van der Waals surface area contributed by atoms with Crippen LogP contribution in [0.3, 0.4) is 0 Å². The van der Waals surface area contributed by atoms with Crippen molar-refractivity contribution < 1.29 is 9.59 Å². The number of rotatable bonds is 6. The van der Waals surface area contributed by atoms with Crippen molar-refractivity contribution in [3.63, 3.8) is 0 Å². The fraction of sp³-hybridized carbons (Fsp3) is 0.150. The van der Waals surface area contributed by atoms with Gasteiger partial charge in [-0.3, -0.25) is 9.59 Å². The quantitative estimate of drug-likeness (QED) is 0.617. The van der Waals surface area contributed by atoms with Gasteiger partial charge in [-0.15, -0.1) is 11.3 Å². The number of amides is 2. The average Bonchev–Trinajstić information content (AvgIpc) is 3.08. The number of hydrogen-bond acceptors (Lipinski definition) is 4. The first-order valence-electron chi connectivity index (χ1n) is 8.39. The summed E-state index contributed by atoms with van der Waals surface area (Å²) in [7, 11) is 0. The Kier molecular flexibility index (Phi) is 6.21. The fourth-order valence-corrected chi connectivity index (χ4v) is 3.56. The van der Waals surface area contributed by atoms with Crippen molar-refractivity contribution in [2.45, 2.75) is 6.92 Å². The Morgan fingerprint density at radius 1 is 0.963 bits per heavy atom. The van der Waals surface area contributed by atoms with Crippen molar-refractivity contribution in [1.82, 2.24) is 15.6 Å². The highest BCUT2D eigenvalue weighted by Crippen LogP contribution is 2.27. The summed E-state index contributed by atoms with van der Waals surface area (Å²) in [5, 5.41) is 6.97. The number of aryl methyl sites for hydroxylation is 1. The SMILES string of the molecule is Cc1nc(-c2ccccc2)sc1C(=O)NCCNC(=O)c1ccc(Cl)cc1. The van der Waals surface area contributed by atoms with Crippen molar-refractivity contribution in [3.8, 4) is 10.6 Å². The van der Waals surface area contributed by atoms with E-state index in [4.69, 9.17) is 11.6 Å². The zero-order valence-corrected chi connectivity index (χ0v) is 16.2. The highest BCUT2D eigenvalue weighted by Gasteiger charge is 2.15. The minimum Gasteiger partial charge on any atom is -0.350 e. The van der Waals surface area contributed by atoms with Crippen LogP contribution in [0, 0.1) is 6.92 Å². The summed E-state index contributed by atoms with van der Waals surface area (Å²) in [6.07, 6.45) is 0. The van der Waals surface area contributed by atoms with E-state index >= 15 is 0 Å². The normalized spacial score (nSPS) is 10.4. The predicted octanol–water partition coefficient (Wildman–Crippen LogP) is 3.93. The second-order valence-corrected chi connectivity index (χ2v) is 7.25. The molecule has 0 aliphatic carbocycles. The third kappa shape index (κ3) is 4.93. The molecular formula is C20H18ClN3O2S. The first-order chi connectivity index (χ1) is 13.0. The number of nitrogens with one attached hydrogen (secondary N) is 2. The maximum Gasteiger partial charge on any atom is 0.263 e. The van der Waals surface area contributed by atoms with Crippen molar-refractivity contribution >= 4 is 34.8 Å². The summed E-state index contributed by atoms with van der Waals surface area (Å²) in [5.74, 6) is -0.394. The smallest absolute Gasteiger partial charge is 0.263 e. The van der Waals surface area contributed by atoms with Gasteiger partial charge in [-0.25, -0.2) is 4.98 Å². The van der Waals surface area contributed by atoms with Gasteiger partial charge in [0.15, 0.2) is 0 Å². The second kappa shape index (κ2) is 8.79. The van der Waals surface area contributed by atoms with E-state index in [1.165, 1.54) is 11.3 Å². The van der Waals surface area contributed by atoms with Crippen LogP contribution in [0.15, 0.2) is 54.6 Å². The third-order valence-electron chi connectivity index (χ3n) is 3.83. The topological polar surface area (TPSA) is 71.1 Å². The Labute approximate surface area is 166 Å². The van der Waals surface area contributed by atoms with E-state index in [0.29, 0.717) is 34.2 Å². The molecule has 0 aliphatic heterocycles. The molecule has 0 unspecified atom stereocenters. The van der Waals surface area contributed by atoms with Gasteiger partial charge < -0.3 is 10.6 Å². The van der Waals surface area contributed by atoms with Gasteiger partial charge in [0, 0.05) is 29.2 Å². The number of aromatic nitrogens is 1. The summed E-state index contributed by atoms with van der Waals surface area (Å²) >= 11 is 7.17. The van der Waals surface area contributed by atoms with Gasteiger partial charge in [0.1, 0.15) is 9.88 Å². The molecule has 138 valence electrons. The molecule has 3 aromatic rings. The Bertz CT molecular complexity index is 940. The largest absolute Gasteiger partial charge is 0.350 e. The van der Waals surface area contributed by atoms with Gasteiger partial charge in [-0.1, -0.05) is 41.9 Å². The Morgan fingerprint density at radius 2 is 1.59 bits per heavy atom. The van der Waals surface area contributed by atoms with E-state index in [1.807, 2.05) is 37.3 Å². The van der Waals surface area contributed by atoms with E-state index in [-0.39, 0.29) is 11.8 Å². The fourth-order valence-electron chi connectivity index (χ4n) is 2.45. The molecular weight excluding hydrogens is 382 g/mol. The third-order valence-corrected chi connectivity index (χ3v) is 5.28. The van der Waals surface area contributed by atoms with Crippen LogP contribution in [0.1, 0.15) is 25.7 Å². The summed E-state index contributed by atoms with van der Waals surface area (Å²) in [4.78, 5) is 29.5. The van der Waals surface area contributed by atoms with E-state index in [2.05, 4.69) is 15.6 Å². The van der Waals surface area contributed by atoms with Gasteiger partial charge in [0.05, 0.1) is 5.69 Å². The highest BCUT2D eigenvalue weighted by atomic mass is 35.5. The van der Waals surface area contributed by atoms with Crippen molar-refractivity contribution in [2.24, 2.45) is 0 Å². The molecule has 27 heavy (non-hydrogen) atoms. The minimum atomic E-state index is -0.207. The standard InChI is InChI=1S/C20H18ClN3O2S/c1-13-17(27-20(24-13)15-5-3-2-4-6-15)19(26)23-12-11-22-18(25)14-7-9-16(21)10-8-14/h2-10H,11-12H2,1H3,(H,22,25)(H,23,26). The summed E-state index contributed by atoms with van der Waals surface area (Å²) < 4.78 is 0. The van der Waals surface area contributed by atoms with Crippen LogP contribution in [0.25, 0.3) is 10.6 Å². The number of nitrogens with zero attached hydrogens (tertiary/aromatic N) is 1. The lowest BCUT2D eigenvalue weighted by atomic mass is 10.2. The second-order valence-electron chi connectivity index (χ2n) is 5.82. The first-order valence-corrected chi connectivity index (χ1v) is 9.59. The van der Waals surface area contributed by atoms with Gasteiger partial charge in [0.25, 0.3) is 11.8 Å². The molecule has 1 aromatic heterocycles. The first kappa shape index (κ1) is 19.1. The molecule has 0 saturated carbocycles. The van der Waals surface area contributed by atoms with Crippen LogP contribution in [0.5, 0.6) is 0 Å². The number of thiazole rings is 1. The highest BCUT2D eigenvalue weighted by molar-refractivity contribution is 7.17. The lowest BCUT2D eigenvalue weighted by Gasteiger charge is -2.07. The molecule has 0 spiro atoms. The Hall–Kier alpha value is -2.70. The molecule has 2 aromatic carbocycles. The average molecular weight is 400 g/mol. The van der Waals surface area contributed by atoms with Gasteiger partial charge in [-0.2, -0.15) is 0 Å². The maximum absolute atomic E-state index is 12.4. The van der Waals surface area contributed by atoms with E-state index < -0.39 is 0 Å². The molecule has 2 amide bonds. The number of benzene rings is 2. The van der Waals surface area contributed by atoms with E-state index in [1.54, 1.807) is 24.3 Å². The minimum absolute atomic E-state index is 0.187. The Balaban J connectivity index is 1.52. The Morgan fingerprint density at radius 3 is 2.26 bits per heavy atom. The molecule has 7 heteroatoms. The number of hydrogen-bond donors (Lipinski definition) is 2. The van der Waals surface area contributed by atoms with Gasteiger partial charge in [-0.05, 0) is 31.2 Å². The lowest BCUT2D eigenvalue weighted by Crippen LogP contribution is -2.34. The summed E-state index contributed by atoms with van der Waals surface area (Å²) in [5.41, 5.74) is 2.21. The summed E-state index contributed by atoms with van der Waals surface area (Å²) in [6.45, 7) is 2.48. The zero-order chi connectivity index (χ0) is 19.2. The van der Waals surface area contributed by atoms with E-state index in [0.717, 1.165) is 10.6 Å². The predicted molar refractivity (Wildman–Crippen MR) is 108 cm³/mol. The van der Waals surface area contributed by atoms with Crippen LogP contribution in [0.2, 0.25) is 5.02 Å². The molecule has 0 fully saturated rings. The molecule has 0 aliphatic rings. The molecule has 3 rings (SSSR count). The molecule has 5 nitrogen and oxygen atoms in total. The number of carbonyl (C=O) groups is 2. The monoisotopic (exact) mass is 399 g/mol. The molecule has 0 atom stereocenters. The van der Waals surface area contributed by atoms with Crippen LogP contribution in [0.4, 0.5) is 0 Å². The number of halogens is 1. The van der Waals surface area contributed by atoms with Crippen molar-refractivity contribution in [1.29, 1.82) is 0 Å². The van der Waals surface area contributed by atoms with Crippen molar-refractivity contribution in [3.05, 3.63) is 75.8 Å². The molecule has 2 N–H and O–H groups in total. The van der Waals surface area contributed by atoms with Crippen LogP contribution < -0.4 is 10.6 Å². The molecule has 0 saturated heterocycles. The van der Waals surface area contributed by atoms with Gasteiger partial charge in [0.2, 0.25) is 0 Å². The van der Waals surface area contributed by atoms with Crippen LogP contribution in [-0.4, -0.2) is 29.9 Å². The number of carbonyl (C=O) groups excluding carboxylic acids is 2. The van der Waals surface area contributed by atoms with Crippen LogP contribution >= 0.6 is 22.9 Å². The van der Waals surface area contributed by atoms with Crippen molar-refractivity contribution in [2.75, 3.05) is 13.1 Å². The maximum atomic E-state index is 12.4. The van der Waals surface area contributed by atoms with E-state index in [9.17, 15) is 9.59 Å². The molecule has 0 bridgehead atoms. The zero-order valence-electron chi connectivity index (χ0n) is 14.7. The molecule has 0 radical (unpaired) electrons. The molecule has 1 heterocycles. The lowest BCUT2D eigenvalue weighted by molar-refractivity contribution is 0.0929. The van der Waals surface area contributed by atoms with Gasteiger partial charge >= 0.3 is 0 Å². The summed E-state index contributed by atoms with van der Waals surface area (Å²) in [6, 6.07) is 16.4.